The second-order valence-corrected chi connectivity index (χ2v) is 40.3. The van der Waals surface area contributed by atoms with Crippen molar-refractivity contribution in [1.29, 1.82) is 0 Å². The molecule has 0 unspecified atom stereocenters. The van der Waals surface area contributed by atoms with Gasteiger partial charge in [0, 0.05) is 0 Å². The van der Waals surface area contributed by atoms with Crippen molar-refractivity contribution >= 4 is 65.2 Å². The van der Waals surface area contributed by atoms with Gasteiger partial charge < -0.3 is 0 Å². The molecule has 4 heteroatoms. The predicted molar refractivity (Wildman–Crippen MR) is 98.3 cm³/mol. The van der Waals surface area contributed by atoms with Crippen LogP contribution >= 0.6 is 22.7 Å². The molecule has 0 amide bonds. The molecule has 0 saturated heterocycles. The van der Waals surface area contributed by atoms with Crippen molar-refractivity contribution in [1.82, 2.24) is 0 Å². The van der Waals surface area contributed by atoms with Gasteiger partial charge in [-0.1, -0.05) is 0 Å². The van der Waals surface area contributed by atoms with Gasteiger partial charge in [-0.25, -0.2) is 0 Å². The molecular formula is C15H24S2Sn2. The Balaban J connectivity index is 2.43. The van der Waals surface area contributed by atoms with E-state index in [4.69, 9.17) is 0 Å². The third kappa shape index (κ3) is 3.80. The summed E-state index contributed by atoms with van der Waals surface area (Å²) in [6.07, 6.45) is 0. The van der Waals surface area contributed by atoms with Gasteiger partial charge in [-0.15, -0.1) is 0 Å². The van der Waals surface area contributed by atoms with Gasteiger partial charge in [-0.05, 0) is 0 Å². The summed E-state index contributed by atoms with van der Waals surface area (Å²) in [6.45, 7) is 2.28. The second kappa shape index (κ2) is 5.65. The molecule has 0 spiro atoms. The maximum atomic E-state index is 2.51. The van der Waals surface area contributed by atoms with Gasteiger partial charge in [0.2, 0.25) is 0 Å². The van der Waals surface area contributed by atoms with Gasteiger partial charge >= 0.3 is 135 Å². The van der Waals surface area contributed by atoms with Crippen molar-refractivity contribution in [3.8, 4) is 9.75 Å². The van der Waals surface area contributed by atoms with E-state index in [1.54, 1.807) is 5.79 Å². The fraction of sp³-hybridized carbons (Fsp3) is 0.467. The summed E-state index contributed by atoms with van der Waals surface area (Å²) in [7, 11) is 0. The summed E-state index contributed by atoms with van der Waals surface area (Å²) in [5.41, 5.74) is 1.49. The summed E-state index contributed by atoms with van der Waals surface area (Å²) in [6, 6.07) is 7.23. The summed E-state index contributed by atoms with van der Waals surface area (Å²) in [4.78, 5) is 18.1. The fourth-order valence-electron chi connectivity index (χ4n) is 1.96. The van der Waals surface area contributed by atoms with Crippen LogP contribution in [0.25, 0.3) is 9.75 Å². The number of hydrogen-bond donors (Lipinski definition) is 0. The molecule has 2 heterocycles. The molecule has 0 bridgehead atoms. The van der Waals surface area contributed by atoms with Crippen molar-refractivity contribution in [3.05, 3.63) is 23.8 Å². The normalized spacial score (nSPS) is 13.0. The average Bonchev–Trinajstić information content (AvgIpc) is 2.80. The monoisotopic (exact) mass is 508 g/mol. The molecule has 19 heavy (non-hydrogen) atoms. The van der Waals surface area contributed by atoms with Crippen LogP contribution < -0.4 is 5.79 Å². The van der Waals surface area contributed by atoms with E-state index in [-0.39, 0.29) is 0 Å². The summed E-state index contributed by atoms with van der Waals surface area (Å²) >= 11 is 0.342. The van der Waals surface area contributed by atoms with Crippen LogP contribution in [0.3, 0.4) is 0 Å². The van der Waals surface area contributed by atoms with Crippen LogP contribution in [-0.2, 0) is 0 Å². The molecule has 0 nitrogen and oxygen atoms in total. The van der Waals surface area contributed by atoms with E-state index in [9.17, 15) is 0 Å². The van der Waals surface area contributed by atoms with E-state index in [1.807, 2.05) is 0 Å². The van der Waals surface area contributed by atoms with Gasteiger partial charge in [0.05, 0.1) is 0 Å². The molecule has 2 rings (SSSR count). The summed E-state index contributed by atoms with van der Waals surface area (Å²) < 4.78 is 3.40. The number of hydrogen-bond acceptors (Lipinski definition) is 2. The minimum absolute atomic E-state index is 1.49. The summed E-state index contributed by atoms with van der Waals surface area (Å²) in [5.74, 6) is 0. The Bertz CT molecular complexity index is 580. The average molecular weight is 506 g/mol. The van der Waals surface area contributed by atoms with E-state index < -0.39 is 36.8 Å². The molecule has 2 aromatic heterocycles. The molecular weight excluding hydrogens is 482 g/mol. The molecule has 104 valence electrons. The standard InChI is InChI=1S/C9H6S2.6CH3.2Sn/c1-7-4-6-11-9(7)8-3-2-5-10-8;;;;;;;;/h2-4H,1H3;6*1H3;;. The zero-order chi connectivity index (χ0) is 14.4. The van der Waals surface area contributed by atoms with Gasteiger partial charge in [0.1, 0.15) is 0 Å². The Morgan fingerprint density at radius 1 is 0.789 bits per heavy atom. The summed E-state index contributed by atoms with van der Waals surface area (Å²) in [5, 5.41) is 0. The van der Waals surface area contributed by atoms with E-state index in [1.165, 1.54) is 15.3 Å². The van der Waals surface area contributed by atoms with Crippen LogP contribution in [0.5, 0.6) is 0 Å². The second-order valence-electron chi connectivity index (χ2n) is 7.29. The SMILES string of the molecule is Cc1c[c]([Sn]([CH3])([CH3])[CH3])sc1-c1cc[c]([Sn]([CH3])([CH3])[CH3])s1. The fourth-order valence-corrected chi connectivity index (χ4v) is 15.0. The van der Waals surface area contributed by atoms with E-state index in [2.05, 4.69) is 77.4 Å². The van der Waals surface area contributed by atoms with Crippen molar-refractivity contribution in [3.63, 3.8) is 0 Å². The molecule has 0 aliphatic carbocycles. The molecule has 0 aromatic carbocycles. The molecule has 0 N–H and O–H groups in total. The Morgan fingerprint density at radius 3 is 1.79 bits per heavy atom. The van der Waals surface area contributed by atoms with Crippen molar-refractivity contribution in [2.24, 2.45) is 0 Å². The first kappa shape index (κ1) is 16.4. The van der Waals surface area contributed by atoms with Crippen LogP contribution in [0, 0.1) is 6.92 Å². The Hall–Kier alpha value is 0.997. The Morgan fingerprint density at radius 2 is 1.37 bits per heavy atom. The molecule has 0 atom stereocenters. The van der Waals surface area contributed by atoms with Crippen molar-refractivity contribution < 1.29 is 0 Å². The molecule has 0 fully saturated rings. The van der Waals surface area contributed by atoms with Gasteiger partial charge in [-0.2, -0.15) is 0 Å². The zero-order valence-corrected chi connectivity index (χ0v) is 20.4. The third-order valence-corrected chi connectivity index (χ3v) is 24.6. The quantitative estimate of drug-likeness (QED) is 0.522. The molecule has 2 aromatic rings. The predicted octanol–water partition coefficient (Wildman–Crippen LogP) is 4.88. The van der Waals surface area contributed by atoms with Gasteiger partial charge in [0.15, 0.2) is 0 Å². The van der Waals surface area contributed by atoms with Crippen molar-refractivity contribution in [2.45, 2.75) is 36.6 Å². The van der Waals surface area contributed by atoms with E-state index in [0.29, 0.717) is 0 Å². The zero-order valence-electron chi connectivity index (χ0n) is 13.0. The first-order valence-electron chi connectivity index (χ1n) is 6.80. The van der Waals surface area contributed by atoms with Crippen molar-refractivity contribution in [2.75, 3.05) is 0 Å². The third-order valence-electron chi connectivity index (χ3n) is 3.23. The van der Waals surface area contributed by atoms with Crippen LogP contribution in [0.1, 0.15) is 5.56 Å². The Kier molecular flexibility index (Phi) is 4.87. The number of aryl methyl sites for hydroxylation is 1. The van der Waals surface area contributed by atoms with Crippen LogP contribution in [0.15, 0.2) is 18.2 Å². The number of rotatable bonds is 3. The van der Waals surface area contributed by atoms with Crippen LogP contribution in [-0.4, -0.2) is 36.8 Å². The van der Waals surface area contributed by atoms with Crippen LogP contribution in [0.2, 0.25) is 29.6 Å². The Labute approximate surface area is 134 Å². The molecule has 0 aliphatic rings. The topological polar surface area (TPSA) is 0 Å². The van der Waals surface area contributed by atoms with Crippen LogP contribution in [0.4, 0.5) is 0 Å². The molecule has 0 radical (unpaired) electrons. The first-order valence-corrected chi connectivity index (χ1v) is 28.4. The van der Waals surface area contributed by atoms with Gasteiger partial charge in [0.25, 0.3) is 0 Å². The van der Waals surface area contributed by atoms with E-state index >= 15 is 0 Å². The maximum absolute atomic E-state index is 2.51. The number of thiophene rings is 2. The van der Waals surface area contributed by atoms with Gasteiger partial charge in [-0.3, -0.25) is 0 Å². The molecule has 0 saturated carbocycles. The molecule has 0 aliphatic heterocycles. The van der Waals surface area contributed by atoms with E-state index in [0.717, 1.165) is 0 Å². The minimum atomic E-state index is -1.90. The first-order chi connectivity index (χ1) is 8.59.